The molecule has 0 saturated heterocycles. The average Bonchev–Trinajstić information content (AvgIpc) is 3.67. The topological polar surface area (TPSA) is 198 Å². The Kier molecular flexibility index (Phi) is 6.75. The number of amides is 2. The summed E-state index contributed by atoms with van der Waals surface area (Å²) in [5.41, 5.74) is 14.6. The van der Waals surface area contributed by atoms with Crippen molar-refractivity contribution < 1.29 is 19.8 Å². The molecule has 5 rings (SSSR count). The van der Waals surface area contributed by atoms with Gasteiger partial charge in [-0.05, 0) is 30.7 Å². The largest absolute Gasteiger partial charge is 0.380 e. The predicted octanol–water partition coefficient (Wildman–Crippen LogP) is 0.314. The third-order valence-electron chi connectivity index (χ3n) is 6.29. The molecule has 1 aliphatic rings. The molecule has 0 saturated carbocycles. The molecule has 2 amide bonds. The Balaban J connectivity index is 1.29. The first kappa shape index (κ1) is 25.3. The van der Waals surface area contributed by atoms with Crippen LogP contribution in [0.4, 0.5) is 11.1 Å². The molecule has 0 aliphatic carbocycles. The molecule has 1 aromatic carbocycles. The van der Waals surface area contributed by atoms with Crippen LogP contribution in [0.25, 0.3) is 5.69 Å². The van der Waals surface area contributed by atoms with Crippen molar-refractivity contribution in [3.05, 3.63) is 76.8 Å². The lowest BCUT2D eigenvalue weighted by Gasteiger charge is -2.28. The van der Waals surface area contributed by atoms with Crippen LogP contribution in [0.2, 0.25) is 0 Å². The minimum absolute atomic E-state index is 0.0204. The minimum Gasteiger partial charge on any atom is -0.380 e. The lowest BCUT2D eigenvalue weighted by molar-refractivity contribution is -0.154. The Hall–Kier alpha value is -4.40. The van der Waals surface area contributed by atoms with E-state index < -0.39 is 36.1 Å². The number of hydrogen-bond acceptors (Lipinski definition) is 11. The van der Waals surface area contributed by atoms with Gasteiger partial charge in [0.15, 0.2) is 17.3 Å². The van der Waals surface area contributed by atoms with E-state index in [9.17, 15) is 19.8 Å². The molecule has 0 spiro atoms. The van der Waals surface area contributed by atoms with E-state index in [2.05, 4.69) is 25.4 Å². The number of nitrogens with zero attached hydrogens (tertiary/aromatic N) is 6. The van der Waals surface area contributed by atoms with Crippen LogP contribution in [0.1, 0.15) is 41.5 Å². The van der Waals surface area contributed by atoms with E-state index in [1.54, 1.807) is 23.2 Å². The number of aliphatic hydroxyl groups excluding tert-OH is 2. The summed E-state index contributed by atoms with van der Waals surface area (Å²) in [5.74, 6) is -1.75. The van der Waals surface area contributed by atoms with E-state index in [0.717, 1.165) is 11.3 Å². The molecule has 196 valence electrons. The van der Waals surface area contributed by atoms with Gasteiger partial charge in [0.25, 0.3) is 11.8 Å². The molecule has 0 radical (unpaired) electrons. The van der Waals surface area contributed by atoms with Crippen LogP contribution in [0.5, 0.6) is 0 Å². The molecule has 0 unspecified atom stereocenters. The molecule has 3 aromatic heterocycles. The van der Waals surface area contributed by atoms with Crippen molar-refractivity contribution in [1.82, 2.24) is 34.9 Å². The van der Waals surface area contributed by atoms with Gasteiger partial charge in [-0.3, -0.25) is 9.59 Å². The highest BCUT2D eigenvalue weighted by atomic mass is 32.1. The van der Waals surface area contributed by atoms with Gasteiger partial charge in [0.05, 0.1) is 29.7 Å². The van der Waals surface area contributed by atoms with Crippen molar-refractivity contribution >= 4 is 34.2 Å². The number of rotatable bonds is 7. The average molecular weight is 536 g/mol. The maximum absolute atomic E-state index is 13.3. The van der Waals surface area contributed by atoms with E-state index in [-0.39, 0.29) is 12.5 Å². The number of anilines is 2. The quantitative estimate of drug-likeness (QED) is 0.219. The van der Waals surface area contributed by atoms with E-state index in [1.165, 1.54) is 22.4 Å². The standard InChI is InChI=1S/C24H25N9O4S/c1-12(13-3-5-14(6-4-13)33-8-2-7-28-33)29-21(36)19(34)20(35)22(37)32-10-16-15(9-27-23(25)30-16)18(32)17-11-38-24(26)31-17/h2-9,11-12,18-20,34-35H,10H2,1H3,(H2,26,31)(H,29,36)(H2,25,27,30)/t12-,18-,19-,20-/m1/s1. The first-order valence-corrected chi connectivity index (χ1v) is 12.5. The lowest BCUT2D eigenvalue weighted by atomic mass is 10.1. The van der Waals surface area contributed by atoms with Crippen molar-refractivity contribution in [1.29, 1.82) is 0 Å². The second kappa shape index (κ2) is 10.2. The van der Waals surface area contributed by atoms with Gasteiger partial charge in [-0.25, -0.2) is 19.6 Å². The van der Waals surface area contributed by atoms with E-state index in [0.29, 0.717) is 22.1 Å². The zero-order valence-electron chi connectivity index (χ0n) is 20.2. The number of thiazole rings is 1. The second-order valence-electron chi connectivity index (χ2n) is 8.77. The van der Waals surface area contributed by atoms with Crippen LogP contribution >= 0.6 is 11.3 Å². The van der Waals surface area contributed by atoms with Crippen molar-refractivity contribution in [2.24, 2.45) is 0 Å². The number of benzene rings is 1. The smallest absolute Gasteiger partial charge is 0.255 e. The molecule has 4 aromatic rings. The fourth-order valence-corrected chi connectivity index (χ4v) is 4.92. The highest BCUT2D eigenvalue weighted by Crippen LogP contribution is 2.38. The van der Waals surface area contributed by atoms with Crippen LogP contribution in [0.3, 0.4) is 0 Å². The second-order valence-corrected chi connectivity index (χ2v) is 9.66. The van der Waals surface area contributed by atoms with Crippen LogP contribution in [0.15, 0.2) is 54.3 Å². The first-order valence-electron chi connectivity index (χ1n) is 11.6. The molecule has 14 heteroatoms. The Labute approximate surface area is 220 Å². The van der Waals surface area contributed by atoms with Gasteiger partial charge >= 0.3 is 0 Å². The molecular weight excluding hydrogens is 510 g/mol. The number of carbonyl (C=O) groups excluding carboxylic acids is 2. The molecule has 0 fully saturated rings. The van der Waals surface area contributed by atoms with Crippen molar-refractivity contribution in [2.45, 2.75) is 37.8 Å². The summed E-state index contributed by atoms with van der Waals surface area (Å²) in [6, 6.07) is 7.85. The fourth-order valence-electron chi connectivity index (χ4n) is 4.34. The lowest BCUT2D eigenvalue weighted by Crippen LogP contribution is -2.50. The summed E-state index contributed by atoms with van der Waals surface area (Å²) in [4.78, 5) is 39.9. The van der Waals surface area contributed by atoms with Crippen LogP contribution in [0, 0.1) is 0 Å². The zero-order chi connectivity index (χ0) is 27.0. The van der Waals surface area contributed by atoms with E-state index >= 15 is 0 Å². The van der Waals surface area contributed by atoms with Crippen molar-refractivity contribution in [2.75, 3.05) is 11.5 Å². The van der Waals surface area contributed by atoms with E-state index in [4.69, 9.17) is 11.5 Å². The Morgan fingerprint density at radius 2 is 1.92 bits per heavy atom. The summed E-state index contributed by atoms with van der Waals surface area (Å²) in [6.45, 7) is 1.71. The third kappa shape index (κ3) is 4.79. The van der Waals surface area contributed by atoms with Gasteiger partial charge in [-0.1, -0.05) is 12.1 Å². The number of aromatic nitrogens is 5. The molecule has 7 N–H and O–H groups in total. The van der Waals surface area contributed by atoms with Gasteiger partial charge in [0.1, 0.15) is 6.04 Å². The van der Waals surface area contributed by atoms with Crippen molar-refractivity contribution in [3.8, 4) is 5.69 Å². The van der Waals surface area contributed by atoms with Crippen molar-refractivity contribution in [3.63, 3.8) is 0 Å². The number of nitrogen functional groups attached to an aromatic ring is 2. The number of fused-ring (bicyclic) bond motifs is 1. The normalized spacial score (nSPS) is 17.0. The summed E-state index contributed by atoms with van der Waals surface area (Å²) >= 11 is 1.19. The van der Waals surface area contributed by atoms with Gasteiger partial charge in [0, 0.05) is 29.5 Å². The molecule has 13 nitrogen and oxygen atoms in total. The third-order valence-corrected chi connectivity index (χ3v) is 6.98. The highest BCUT2D eigenvalue weighted by molar-refractivity contribution is 7.13. The van der Waals surface area contributed by atoms with Gasteiger partial charge in [0.2, 0.25) is 5.95 Å². The first-order chi connectivity index (χ1) is 18.2. The van der Waals surface area contributed by atoms with E-state index in [1.807, 2.05) is 36.5 Å². The molecular formula is C24H25N9O4S. The predicted molar refractivity (Wildman–Crippen MR) is 137 cm³/mol. The zero-order valence-corrected chi connectivity index (χ0v) is 21.0. The Morgan fingerprint density at radius 3 is 2.58 bits per heavy atom. The highest BCUT2D eigenvalue weighted by Gasteiger charge is 2.42. The fraction of sp³-hybridized carbons (Fsp3) is 0.250. The van der Waals surface area contributed by atoms with Crippen LogP contribution in [-0.2, 0) is 16.1 Å². The summed E-state index contributed by atoms with van der Waals surface area (Å²) in [7, 11) is 0. The Morgan fingerprint density at radius 1 is 1.16 bits per heavy atom. The maximum atomic E-state index is 13.3. The number of hydrogen-bond donors (Lipinski definition) is 5. The maximum Gasteiger partial charge on any atom is 0.255 e. The molecule has 0 bridgehead atoms. The summed E-state index contributed by atoms with van der Waals surface area (Å²) in [6.07, 6.45) is 0.906. The number of carbonyl (C=O) groups is 2. The summed E-state index contributed by atoms with van der Waals surface area (Å²) in [5, 5.41) is 30.1. The molecule has 4 heterocycles. The monoisotopic (exact) mass is 535 g/mol. The number of nitrogens with two attached hydrogens (primary N) is 2. The van der Waals surface area contributed by atoms with Crippen LogP contribution < -0.4 is 16.8 Å². The molecule has 1 aliphatic heterocycles. The number of aliphatic hydroxyl groups is 2. The van der Waals surface area contributed by atoms with Gasteiger partial charge < -0.3 is 31.9 Å². The molecule has 4 atom stereocenters. The SMILES string of the molecule is C[C@@H](NC(=O)[C@H](O)[C@@H](O)C(=O)N1Cc2nc(N)ncc2[C@@H]1c1csc(N)n1)c1ccc(-n2cccn2)cc1. The number of nitrogens with one attached hydrogen (secondary N) is 1. The summed E-state index contributed by atoms with van der Waals surface area (Å²) < 4.78 is 1.70. The minimum atomic E-state index is -2.04. The Bertz CT molecular complexity index is 1460. The molecule has 38 heavy (non-hydrogen) atoms. The van der Waals surface area contributed by atoms with Crippen LogP contribution in [-0.4, -0.2) is 63.9 Å². The van der Waals surface area contributed by atoms with Gasteiger partial charge in [-0.15, -0.1) is 11.3 Å². The van der Waals surface area contributed by atoms with Gasteiger partial charge in [-0.2, -0.15) is 5.10 Å².